The average molecular weight is 411 g/mol. The number of anilines is 1. The van der Waals surface area contributed by atoms with Crippen LogP contribution in [0, 0.1) is 13.8 Å². The first-order valence-corrected chi connectivity index (χ1v) is 10.2. The highest BCUT2D eigenvalue weighted by Crippen LogP contribution is 2.19. The Morgan fingerprint density at radius 1 is 1.10 bits per heavy atom. The van der Waals surface area contributed by atoms with Gasteiger partial charge in [-0.05, 0) is 44.0 Å². The van der Waals surface area contributed by atoms with Crippen molar-refractivity contribution in [1.29, 1.82) is 0 Å². The van der Waals surface area contributed by atoms with Crippen molar-refractivity contribution in [2.45, 2.75) is 26.8 Å². The predicted octanol–water partition coefficient (Wildman–Crippen LogP) is 4.46. The summed E-state index contributed by atoms with van der Waals surface area (Å²) in [6, 6.07) is 17.9. The normalized spacial score (nSPS) is 10.8. The second-order valence-electron chi connectivity index (χ2n) is 7.16. The van der Waals surface area contributed by atoms with Gasteiger partial charge in [-0.1, -0.05) is 48.0 Å². The first-order valence-electron chi connectivity index (χ1n) is 9.79. The van der Waals surface area contributed by atoms with Crippen LogP contribution in [0.1, 0.15) is 33.7 Å². The lowest BCUT2D eigenvalue weighted by atomic mass is 10.1. The highest BCUT2D eigenvalue weighted by atomic mass is 35.5. The summed E-state index contributed by atoms with van der Waals surface area (Å²) in [5.41, 5.74) is 4.38. The molecule has 29 heavy (non-hydrogen) atoms. The van der Waals surface area contributed by atoms with Crippen molar-refractivity contribution in [2.75, 3.05) is 25.0 Å². The zero-order chi connectivity index (χ0) is 20.8. The molecule has 0 radical (unpaired) electrons. The molecule has 0 fully saturated rings. The Kier molecular flexibility index (Phi) is 6.94. The third-order valence-electron chi connectivity index (χ3n) is 5.04. The van der Waals surface area contributed by atoms with E-state index in [-0.39, 0.29) is 5.91 Å². The number of carbonyl (C=O) groups excluding carboxylic acids is 1. The first kappa shape index (κ1) is 20.9. The molecule has 0 spiro atoms. The molecule has 0 atom stereocenters. The van der Waals surface area contributed by atoms with E-state index in [2.05, 4.69) is 34.5 Å². The van der Waals surface area contributed by atoms with Crippen LogP contribution in [0.3, 0.4) is 0 Å². The van der Waals surface area contributed by atoms with Gasteiger partial charge in [0.1, 0.15) is 0 Å². The van der Waals surface area contributed by atoms with Crippen molar-refractivity contribution in [2.24, 2.45) is 0 Å². The van der Waals surface area contributed by atoms with Crippen molar-refractivity contribution in [3.05, 3.63) is 82.1 Å². The van der Waals surface area contributed by atoms with Gasteiger partial charge in [-0.3, -0.25) is 9.48 Å². The molecule has 0 unspecified atom stereocenters. The van der Waals surface area contributed by atoms with E-state index in [1.54, 1.807) is 0 Å². The van der Waals surface area contributed by atoms with E-state index in [0.29, 0.717) is 23.7 Å². The van der Waals surface area contributed by atoms with Crippen molar-refractivity contribution >= 4 is 23.2 Å². The SMILES string of the molecule is Cc1nn(Cc2ccccc2Cl)c(C)c1C(=O)NCCCN(C)c1ccccc1. The van der Waals surface area contributed by atoms with Crippen molar-refractivity contribution in [3.63, 3.8) is 0 Å². The maximum Gasteiger partial charge on any atom is 0.255 e. The van der Waals surface area contributed by atoms with Gasteiger partial charge in [0.2, 0.25) is 0 Å². The number of rotatable bonds is 8. The summed E-state index contributed by atoms with van der Waals surface area (Å²) in [5, 5.41) is 8.29. The average Bonchev–Trinajstić information content (AvgIpc) is 3.00. The number of nitrogens with zero attached hydrogens (tertiary/aromatic N) is 3. The minimum absolute atomic E-state index is 0.0761. The van der Waals surface area contributed by atoms with Gasteiger partial charge in [-0.15, -0.1) is 0 Å². The zero-order valence-corrected chi connectivity index (χ0v) is 17.9. The zero-order valence-electron chi connectivity index (χ0n) is 17.2. The van der Waals surface area contributed by atoms with E-state index in [0.717, 1.165) is 29.9 Å². The van der Waals surface area contributed by atoms with Gasteiger partial charge in [0.05, 0.1) is 17.8 Å². The molecule has 0 aliphatic carbocycles. The smallest absolute Gasteiger partial charge is 0.255 e. The minimum Gasteiger partial charge on any atom is -0.375 e. The lowest BCUT2D eigenvalue weighted by Gasteiger charge is -2.19. The molecule has 0 aliphatic heterocycles. The van der Waals surface area contributed by atoms with Crippen molar-refractivity contribution < 1.29 is 4.79 Å². The first-order chi connectivity index (χ1) is 14.0. The van der Waals surface area contributed by atoms with Gasteiger partial charge in [-0.25, -0.2) is 0 Å². The summed E-state index contributed by atoms with van der Waals surface area (Å²) < 4.78 is 1.84. The highest BCUT2D eigenvalue weighted by molar-refractivity contribution is 6.31. The van der Waals surface area contributed by atoms with E-state index in [1.807, 2.05) is 61.0 Å². The Balaban J connectivity index is 1.57. The van der Waals surface area contributed by atoms with Gasteiger partial charge in [0.25, 0.3) is 5.91 Å². The molecule has 1 N–H and O–H groups in total. The van der Waals surface area contributed by atoms with E-state index in [1.165, 1.54) is 5.69 Å². The monoisotopic (exact) mass is 410 g/mol. The Labute approximate surface area is 177 Å². The number of benzene rings is 2. The topological polar surface area (TPSA) is 50.2 Å². The lowest BCUT2D eigenvalue weighted by Crippen LogP contribution is -2.28. The number of carbonyl (C=O) groups is 1. The van der Waals surface area contributed by atoms with Crippen molar-refractivity contribution in [3.8, 4) is 0 Å². The summed E-state index contributed by atoms with van der Waals surface area (Å²) in [6.07, 6.45) is 0.864. The fourth-order valence-corrected chi connectivity index (χ4v) is 3.58. The molecule has 3 aromatic rings. The molecule has 5 nitrogen and oxygen atoms in total. The number of hydrogen-bond donors (Lipinski definition) is 1. The molecule has 1 heterocycles. The minimum atomic E-state index is -0.0761. The Hall–Kier alpha value is -2.79. The Morgan fingerprint density at radius 3 is 2.52 bits per heavy atom. The van der Waals surface area contributed by atoms with Crippen LogP contribution in [0.15, 0.2) is 54.6 Å². The van der Waals surface area contributed by atoms with Crippen LogP contribution < -0.4 is 10.2 Å². The van der Waals surface area contributed by atoms with E-state index in [4.69, 9.17) is 11.6 Å². The number of nitrogens with one attached hydrogen (secondary N) is 1. The Bertz CT molecular complexity index is 968. The Morgan fingerprint density at radius 2 is 1.79 bits per heavy atom. The molecule has 0 bridgehead atoms. The van der Waals surface area contributed by atoms with E-state index < -0.39 is 0 Å². The van der Waals surface area contributed by atoms with Gasteiger partial charge >= 0.3 is 0 Å². The number of hydrogen-bond acceptors (Lipinski definition) is 3. The van der Waals surface area contributed by atoms with Crippen molar-refractivity contribution in [1.82, 2.24) is 15.1 Å². The number of para-hydroxylation sites is 1. The fourth-order valence-electron chi connectivity index (χ4n) is 3.39. The largest absolute Gasteiger partial charge is 0.375 e. The van der Waals surface area contributed by atoms with Crippen LogP contribution in [0.5, 0.6) is 0 Å². The van der Waals surface area contributed by atoms with Crippen LogP contribution in [0.2, 0.25) is 5.02 Å². The summed E-state index contributed by atoms with van der Waals surface area (Å²) in [4.78, 5) is 14.9. The molecule has 0 saturated heterocycles. The van der Waals surface area contributed by atoms with Gasteiger partial charge in [0, 0.05) is 36.5 Å². The molecule has 152 valence electrons. The molecule has 0 aliphatic rings. The molecular weight excluding hydrogens is 384 g/mol. The summed E-state index contributed by atoms with van der Waals surface area (Å²) in [7, 11) is 2.06. The molecular formula is C23H27ClN4O. The van der Waals surface area contributed by atoms with Crippen LogP contribution in [-0.2, 0) is 6.54 Å². The molecule has 3 rings (SSSR count). The molecule has 0 saturated carbocycles. The van der Waals surface area contributed by atoms with Crippen LogP contribution >= 0.6 is 11.6 Å². The number of aryl methyl sites for hydroxylation is 1. The third kappa shape index (κ3) is 5.18. The second kappa shape index (κ2) is 9.61. The molecule has 1 amide bonds. The standard InChI is InChI=1S/C23H27ClN4O/c1-17-22(18(2)28(26-17)16-19-10-7-8-13-21(19)24)23(29)25-14-9-15-27(3)20-11-5-4-6-12-20/h4-8,10-13H,9,14-16H2,1-3H3,(H,25,29). The third-order valence-corrected chi connectivity index (χ3v) is 5.41. The second-order valence-corrected chi connectivity index (χ2v) is 7.57. The van der Waals surface area contributed by atoms with Crippen LogP contribution in [-0.4, -0.2) is 35.8 Å². The lowest BCUT2D eigenvalue weighted by molar-refractivity contribution is 0.0952. The van der Waals surface area contributed by atoms with Gasteiger partial charge in [-0.2, -0.15) is 5.10 Å². The van der Waals surface area contributed by atoms with E-state index in [9.17, 15) is 4.79 Å². The summed E-state index contributed by atoms with van der Waals surface area (Å²) in [5.74, 6) is -0.0761. The fraction of sp³-hybridized carbons (Fsp3) is 0.304. The van der Waals surface area contributed by atoms with Gasteiger partial charge < -0.3 is 10.2 Å². The van der Waals surface area contributed by atoms with Crippen LogP contribution in [0.4, 0.5) is 5.69 Å². The quantitative estimate of drug-likeness (QED) is 0.558. The predicted molar refractivity (Wildman–Crippen MR) is 119 cm³/mol. The maximum atomic E-state index is 12.7. The summed E-state index contributed by atoms with van der Waals surface area (Å²) in [6.45, 7) is 5.82. The summed E-state index contributed by atoms with van der Waals surface area (Å²) >= 11 is 6.27. The molecule has 2 aromatic carbocycles. The number of aromatic nitrogens is 2. The maximum absolute atomic E-state index is 12.7. The highest BCUT2D eigenvalue weighted by Gasteiger charge is 2.18. The molecule has 6 heteroatoms. The van der Waals surface area contributed by atoms with Crippen LogP contribution in [0.25, 0.3) is 0 Å². The van der Waals surface area contributed by atoms with E-state index >= 15 is 0 Å². The molecule has 1 aromatic heterocycles. The van der Waals surface area contributed by atoms with Gasteiger partial charge in [0.15, 0.2) is 0 Å². The number of amides is 1. The number of halogens is 1.